The third-order valence-electron chi connectivity index (χ3n) is 3.07. The van der Waals surface area contributed by atoms with E-state index in [-0.39, 0.29) is 11.8 Å². The molecule has 3 heteroatoms. The highest BCUT2D eigenvalue weighted by molar-refractivity contribution is 5.97. The zero-order valence-electron chi connectivity index (χ0n) is 9.23. The summed E-state index contributed by atoms with van der Waals surface area (Å²) in [5.41, 5.74) is 0.466. The van der Waals surface area contributed by atoms with Gasteiger partial charge in [-0.3, -0.25) is 9.59 Å². The highest BCUT2D eigenvalue weighted by Gasteiger charge is 2.50. The molecule has 1 fully saturated rings. The number of hydrogen-bond acceptors (Lipinski definition) is 3. The van der Waals surface area contributed by atoms with Crippen molar-refractivity contribution >= 4 is 11.8 Å². The van der Waals surface area contributed by atoms with E-state index in [1.54, 1.807) is 0 Å². The number of hydrogen-bond donors (Lipinski definition) is 0. The second-order valence-corrected chi connectivity index (χ2v) is 4.33. The number of rotatable bonds is 3. The van der Waals surface area contributed by atoms with Crippen LogP contribution in [0.2, 0.25) is 0 Å². The van der Waals surface area contributed by atoms with Gasteiger partial charge in [-0.15, -0.1) is 0 Å². The van der Waals surface area contributed by atoms with E-state index in [0.29, 0.717) is 19.3 Å². The van der Waals surface area contributed by atoms with Crippen molar-refractivity contribution in [3.63, 3.8) is 0 Å². The number of Topliss-reactive ketones (excluding diaryl/α,β-unsaturated/α-hetero) is 1. The molecule has 0 spiro atoms. The lowest BCUT2D eigenvalue weighted by atomic mass is 9.64. The van der Waals surface area contributed by atoms with E-state index in [0.717, 1.165) is 5.56 Å². The summed E-state index contributed by atoms with van der Waals surface area (Å²) >= 11 is 0. The van der Waals surface area contributed by atoms with Crippen LogP contribution in [0.25, 0.3) is 0 Å². The van der Waals surface area contributed by atoms with Crippen molar-refractivity contribution in [3.05, 3.63) is 35.9 Å². The van der Waals surface area contributed by atoms with Gasteiger partial charge in [0.1, 0.15) is 5.78 Å². The van der Waals surface area contributed by atoms with Crippen LogP contribution in [-0.2, 0) is 20.7 Å². The van der Waals surface area contributed by atoms with E-state index < -0.39 is 5.41 Å². The molecule has 0 heterocycles. The predicted molar refractivity (Wildman–Crippen MR) is 58.8 cm³/mol. The predicted octanol–water partition coefficient (Wildman–Crippen LogP) is 1.75. The van der Waals surface area contributed by atoms with E-state index in [2.05, 4.69) is 0 Å². The molecule has 1 saturated carbocycles. The summed E-state index contributed by atoms with van der Waals surface area (Å²) in [6.07, 6.45) is 1.22. The van der Waals surface area contributed by atoms with Crippen molar-refractivity contribution in [2.75, 3.05) is 7.11 Å². The van der Waals surface area contributed by atoms with E-state index in [4.69, 9.17) is 4.74 Å². The van der Waals surface area contributed by atoms with Gasteiger partial charge in [0, 0.05) is 12.8 Å². The van der Waals surface area contributed by atoms with Crippen LogP contribution in [0.3, 0.4) is 0 Å². The molecule has 1 aliphatic carbocycles. The summed E-state index contributed by atoms with van der Waals surface area (Å²) in [7, 11) is 1.37. The monoisotopic (exact) mass is 218 g/mol. The van der Waals surface area contributed by atoms with Gasteiger partial charge in [-0.1, -0.05) is 30.3 Å². The largest absolute Gasteiger partial charge is 0.469 e. The first-order chi connectivity index (χ1) is 7.66. The van der Waals surface area contributed by atoms with Crippen molar-refractivity contribution in [3.8, 4) is 0 Å². The Labute approximate surface area is 94.4 Å². The first-order valence-electron chi connectivity index (χ1n) is 5.30. The van der Waals surface area contributed by atoms with Gasteiger partial charge in [-0.2, -0.15) is 0 Å². The molecule has 0 aromatic heterocycles. The third-order valence-corrected chi connectivity index (χ3v) is 3.07. The molecular weight excluding hydrogens is 204 g/mol. The molecular formula is C13H14O3. The highest BCUT2D eigenvalue weighted by atomic mass is 16.5. The average molecular weight is 218 g/mol. The van der Waals surface area contributed by atoms with Crippen LogP contribution in [0.1, 0.15) is 18.4 Å². The molecule has 16 heavy (non-hydrogen) atoms. The summed E-state index contributed by atoms with van der Waals surface area (Å²) in [5.74, 6) is -0.128. The van der Waals surface area contributed by atoms with E-state index in [1.807, 2.05) is 30.3 Å². The maximum absolute atomic E-state index is 11.7. The van der Waals surface area contributed by atoms with Crippen LogP contribution in [0.15, 0.2) is 30.3 Å². The molecule has 0 N–H and O–H groups in total. The molecule has 0 bridgehead atoms. The summed E-state index contributed by atoms with van der Waals surface area (Å²) in [6.45, 7) is 0. The molecule has 0 atom stereocenters. The van der Waals surface area contributed by atoms with Crippen LogP contribution in [0.4, 0.5) is 0 Å². The first kappa shape index (κ1) is 10.9. The molecule has 1 aromatic rings. The highest BCUT2D eigenvalue weighted by Crippen LogP contribution is 2.42. The van der Waals surface area contributed by atoms with Crippen LogP contribution >= 0.6 is 0 Å². The van der Waals surface area contributed by atoms with E-state index in [1.165, 1.54) is 7.11 Å². The fraction of sp³-hybridized carbons (Fsp3) is 0.385. The minimum absolute atomic E-state index is 0.140. The first-order valence-corrected chi connectivity index (χ1v) is 5.30. The molecule has 0 aliphatic heterocycles. The lowest BCUT2D eigenvalue weighted by molar-refractivity contribution is -0.163. The third kappa shape index (κ3) is 1.85. The lowest BCUT2D eigenvalue weighted by Gasteiger charge is -2.37. The minimum Gasteiger partial charge on any atom is -0.469 e. The molecule has 1 aliphatic rings. The second-order valence-electron chi connectivity index (χ2n) is 4.33. The number of methoxy groups -OCH3 is 1. The van der Waals surface area contributed by atoms with Gasteiger partial charge in [0.2, 0.25) is 0 Å². The van der Waals surface area contributed by atoms with Gasteiger partial charge in [0.25, 0.3) is 0 Å². The van der Waals surface area contributed by atoms with Gasteiger partial charge >= 0.3 is 5.97 Å². The van der Waals surface area contributed by atoms with E-state index in [9.17, 15) is 9.59 Å². The molecule has 1 aromatic carbocycles. The van der Waals surface area contributed by atoms with Crippen molar-refractivity contribution in [1.29, 1.82) is 0 Å². The fourth-order valence-electron chi connectivity index (χ4n) is 2.25. The van der Waals surface area contributed by atoms with Crippen molar-refractivity contribution in [2.24, 2.45) is 5.41 Å². The number of carbonyl (C=O) groups excluding carboxylic acids is 2. The van der Waals surface area contributed by atoms with Crippen LogP contribution in [0, 0.1) is 5.41 Å². The number of carbonyl (C=O) groups is 2. The Morgan fingerprint density at radius 2 is 1.94 bits per heavy atom. The summed E-state index contributed by atoms with van der Waals surface area (Å²) < 4.78 is 4.79. The zero-order chi connectivity index (χ0) is 11.6. The normalized spacial score (nSPS) is 17.7. The van der Waals surface area contributed by atoms with Crippen LogP contribution < -0.4 is 0 Å². The molecule has 2 rings (SSSR count). The molecule has 0 unspecified atom stereocenters. The van der Waals surface area contributed by atoms with Crippen molar-refractivity contribution in [2.45, 2.75) is 19.3 Å². The molecule has 3 nitrogen and oxygen atoms in total. The van der Waals surface area contributed by atoms with Gasteiger partial charge in [0.15, 0.2) is 0 Å². The quantitative estimate of drug-likeness (QED) is 0.726. The Bertz CT molecular complexity index is 400. The smallest absolute Gasteiger partial charge is 0.313 e. The standard InChI is InChI=1S/C13H14O3/c1-16-12(15)13(8-11(14)9-13)7-10-5-3-2-4-6-10/h2-6H,7-9H2,1H3. The maximum Gasteiger partial charge on any atom is 0.313 e. The zero-order valence-corrected chi connectivity index (χ0v) is 9.23. The number of benzene rings is 1. The number of ketones is 1. The Balaban J connectivity index is 2.16. The van der Waals surface area contributed by atoms with Crippen LogP contribution in [-0.4, -0.2) is 18.9 Å². The molecule has 0 amide bonds. The van der Waals surface area contributed by atoms with Crippen molar-refractivity contribution in [1.82, 2.24) is 0 Å². The topological polar surface area (TPSA) is 43.4 Å². The Kier molecular flexibility index (Phi) is 2.77. The van der Waals surface area contributed by atoms with Gasteiger partial charge in [-0.25, -0.2) is 0 Å². The van der Waals surface area contributed by atoms with Gasteiger partial charge in [0.05, 0.1) is 12.5 Å². The van der Waals surface area contributed by atoms with Crippen molar-refractivity contribution < 1.29 is 14.3 Å². The lowest BCUT2D eigenvalue weighted by Crippen LogP contribution is -2.46. The molecule has 0 radical (unpaired) electrons. The maximum atomic E-state index is 11.7. The fourth-order valence-corrected chi connectivity index (χ4v) is 2.25. The van der Waals surface area contributed by atoms with Gasteiger partial charge < -0.3 is 4.74 Å². The SMILES string of the molecule is COC(=O)C1(Cc2ccccc2)CC(=O)C1. The number of ether oxygens (including phenoxy) is 1. The summed E-state index contributed by atoms with van der Waals surface area (Å²) in [4.78, 5) is 22.8. The Morgan fingerprint density at radius 1 is 1.31 bits per heavy atom. The molecule has 84 valence electrons. The Morgan fingerprint density at radius 3 is 2.44 bits per heavy atom. The van der Waals surface area contributed by atoms with E-state index >= 15 is 0 Å². The second kappa shape index (κ2) is 4.08. The summed E-state index contributed by atoms with van der Waals surface area (Å²) in [6, 6.07) is 9.73. The van der Waals surface area contributed by atoms with Gasteiger partial charge in [-0.05, 0) is 12.0 Å². The van der Waals surface area contributed by atoms with Crippen LogP contribution in [0.5, 0.6) is 0 Å². The minimum atomic E-state index is -0.604. The Hall–Kier alpha value is -1.64. The molecule has 0 saturated heterocycles. The average Bonchev–Trinajstić information content (AvgIpc) is 2.27. The summed E-state index contributed by atoms with van der Waals surface area (Å²) in [5, 5.41) is 0. The number of esters is 1.